The molecule has 222 valence electrons. The fraction of sp³-hybridized carbons (Fsp3) is 0.394. The highest BCUT2D eigenvalue weighted by molar-refractivity contribution is 6.00. The normalized spacial score (nSPS) is 14.5. The van der Waals surface area contributed by atoms with E-state index < -0.39 is 35.6 Å². The second kappa shape index (κ2) is 12.6. The molecule has 9 heteroatoms. The van der Waals surface area contributed by atoms with Crippen molar-refractivity contribution >= 4 is 40.3 Å². The van der Waals surface area contributed by atoms with Gasteiger partial charge in [-0.05, 0) is 82.3 Å². The average Bonchev–Trinajstić information content (AvgIpc) is 3.72. The van der Waals surface area contributed by atoms with Crippen LogP contribution < -0.4 is 16.4 Å². The van der Waals surface area contributed by atoms with Crippen molar-refractivity contribution in [2.75, 3.05) is 5.32 Å². The number of primary amides is 1. The smallest absolute Gasteiger partial charge is 0.408 e. The Labute approximate surface area is 246 Å². The molecule has 0 heterocycles. The molecular weight excluding hydrogens is 532 g/mol. The maximum atomic E-state index is 14.3. The molecule has 4 N–H and O–H groups in total. The Morgan fingerprint density at radius 3 is 2.19 bits per heavy atom. The number of alkyl carbamates (subject to hydrolysis) is 1. The average molecular weight is 573 g/mol. The van der Waals surface area contributed by atoms with E-state index in [2.05, 4.69) is 10.6 Å². The number of benzene rings is 3. The van der Waals surface area contributed by atoms with Crippen molar-refractivity contribution in [2.45, 2.75) is 84.0 Å². The topological polar surface area (TPSA) is 131 Å². The highest BCUT2D eigenvalue weighted by Crippen LogP contribution is 2.37. The van der Waals surface area contributed by atoms with Crippen LogP contribution in [0.15, 0.2) is 60.7 Å². The lowest BCUT2D eigenvalue weighted by atomic mass is 9.97. The van der Waals surface area contributed by atoms with Crippen LogP contribution >= 0.6 is 0 Å². The van der Waals surface area contributed by atoms with Gasteiger partial charge in [0.25, 0.3) is 5.91 Å². The third-order valence-electron chi connectivity index (χ3n) is 6.97. The summed E-state index contributed by atoms with van der Waals surface area (Å²) in [5.41, 5.74) is 7.79. The van der Waals surface area contributed by atoms with Gasteiger partial charge in [0.1, 0.15) is 17.7 Å². The van der Waals surface area contributed by atoms with Gasteiger partial charge < -0.3 is 26.0 Å². The minimum atomic E-state index is -1.12. The fourth-order valence-electron chi connectivity index (χ4n) is 5.13. The molecule has 1 aliphatic rings. The number of nitrogens with two attached hydrogens (primary N) is 1. The maximum absolute atomic E-state index is 14.3. The number of nitrogens with one attached hydrogen (secondary N) is 2. The fourth-order valence-corrected chi connectivity index (χ4v) is 5.13. The Morgan fingerprint density at radius 2 is 1.60 bits per heavy atom. The molecule has 0 aromatic heterocycles. The second-order valence-electron chi connectivity index (χ2n) is 12.1. The van der Waals surface area contributed by atoms with Gasteiger partial charge in [0, 0.05) is 18.2 Å². The molecule has 1 saturated carbocycles. The molecule has 2 unspecified atom stereocenters. The van der Waals surface area contributed by atoms with Gasteiger partial charge >= 0.3 is 6.09 Å². The zero-order valence-electron chi connectivity index (χ0n) is 24.9. The molecular formula is C33H40N4O5. The second-order valence-corrected chi connectivity index (χ2v) is 12.1. The number of nitrogens with zero attached hydrogens (tertiary/aromatic N) is 1. The standard InChI is InChI=1S/C33H40N4O5/c1-20-16-21(2)18-24(17-20)29(30(39)35-25-11-10-22-8-6-7-9-23(22)19-25)37(26-12-13-26)31(40)27(14-15-28(34)38)36-32(41)42-33(3,4)5/h6-11,16-19,26-27,29H,12-15H2,1-5H3,(H2,34,38)(H,35,39)(H,36,41). The molecule has 0 saturated heterocycles. The largest absolute Gasteiger partial charge is 0.444 e. The number of hydrogen-bond donors (Lipinski definition) is 3. The van der Waals surface area contributed by atoms with Gasteiger partial charge in [0.2, 0.25) is 11.8 Å². The number of anilines is 1. The number of rotatable bonds is 10. The number of aryl methyl sites for hydroxylation is 2. The summed E-state index contributed by atoms with van der Waals surface area (Å²) in [5.74, 6) is -1.44. The molecule has 4 rings (SSSR count). The van der Waals surface area contributed by atoms with Gasteiger partial charge in [-0.3, -0.25) is 14.4 Å². The van der Waals surface area contributed by atoms with Crippen molar-refractivity contribution in [1.29, 1.82) is 0 Å². The van der Waals surface area contributed by atoms with E-state index in [4.69, 9.17) is 10.5 Å². The summed E-state index contributed by atoms with van der Waals surface area (Å²) in [7, 11) is 0. The molecule has 3 aromatic rings. The first-order chi connectivity index (χ1) is 19.8. The zero-order chi connectivity index (χ0) is 30.6. The first-order valence-electron chi connectivity index (χ1n) is 14.3. The first-order valence-corrected chi connectivity index (χ1v) is 14.3. The highest BCUT2D eigenvalue weighted by atomic mass is 16.6. The summed E-state index contributed by atoms with van der Waals surface area (Å²) in [6.45, 7) is 9.04. The summed E-state index contributed by atoms with van der Waals surface area (Å²) >= 11 is 0. The van der Waals surface area contributed by atoms with Crippen LogP contribution in [0.2, 0.25) is 0 Å². The third-order valence-corrected chi connectivity index (χ3v) is 6.97. The minimum Gasteiger partial charge on any atom is -0.444 e. The molecule has 4 amide bonds. The van der Waals surface area contributed by atoms with Crippen molar-refractivity contribution in [3.05, 3.63) is 77.4 Å². The molecule has 42 heavy (non-hydrogen) atoms. The zero-order valence-corrected chi connectivity index (χ0v) is 24.9. The third kappa shape index (κ3) is 8.09. The number of carbonyl (C=O) groups excluding carboxylic acids is 4. The van der Waals surface area contributed by atoms with E-state index in [1.165, 1.54) is 0 Å². The Hall–Kier alpha value is -4.40. The van der Waals surface area contributed by atoms with Crippen LogP contribution in [0, 0.1) is 13.8 Å². The summed E-state index contributed by atoms with van der Waals surface area (Å²) in [6.07, 6.45) is 0.492. The van der Waals surface area contributed by atoms with E-state index in [0.717, 1.165) is 21.9 Å². The predicted octanol–water partition coefficient (Wildman–Crippen LogP) is 5.29. The minimum absolute atomic E-state index is 0.0253. The van der Waals surface area contributed by atoms with Crippen LogP contribution in [0.25, 0.3) is 10.8 Å². The molecule has 3 aromatic carbocycles. The van der Waals surface area contributed by atoms with Crippen LogP contribution in [0.5, 0.6) is 0 Å². The van der Waals surface area contributed by atoms with Gasteiger partial charge in [0.15, 0.2) is 0 Å². The summed E-state index contributed by atoms with van der Waals surface area (Å²) in [5, 5.41) is 7.69. The molecule has 0 bridgehead atoms. The van der Waals surface area contributed by atoms with Crippen LogP contribution in [-0.2, 0) is 19.1 Å². The van der Waals surface area contributed by atoms with Crippen LogP contribution in [0.3, 0.4) is 0 Å². The lowest BCUT2D eigenvalue weighted by molar-refractivity contribution is -0.141. The molecule has 0 spiro atoms. The number of hydrogen-bond acceptors (Lipinski definition) is 5. The van der Waals surface area contributed by atoms with Crippen molar-refractivity contribution in [1.82, 2.24) is 10.2 Å². The monoisotopic (exact) mass is 572 g/mol. The van der Waals surface area contributed by atoms with Crippen molar-refractivity contribution in [2.24, 2.45) is 5.73 Å². The molecule has 2 atom stereocenters. The van der Waals surface area contributed by atoms with Crippen molar-refractivity contribution in [3.8, 4) is 0 Å². The van der Waals surface area contributed by atoms with Gasteiger partial charge in [-0.25, -0.2) is 4.79 Å². The van der Waals surface area contributed by atoms with E-state index in [1.807, 2.05) is 74.5 Å². The van der Waals surface area contributed by atoms with Gasteiger partial charge in [-0.2, -0.15) is 0 Å². The Morgan fingerprint density at radius 1 is 0.952 bits per heavy atom. The number of fused-ring (bicyclic) bond motifs is 1. The Balaban J connectivity index is 1.72. The highest BCUT2D eigenvalue weighted by Gasteiger charge is 2.44. The quantitative estimate of drug-likeness (QED) is 0.304. The first kappa shape index (κ1) is 30.6. The summed E-state index contributed by atoms with van der Waals surface area (Å²) < 4.78 is 5.40. The number of amides is 4. The van der Waals surface area contributed by atoms with Crippen LogP contribution in [-0.4, -0.2) is 46.4 Å². The van der Waals surface area contributed by atoms with Gasteiger partial charge in [-0.1, -0.05) is 59.7 Å². The van der Waals surface area contributed by atoms with E-state index >= 15 is 0 Å². The van der Waals surface area contributed by atoms with Crippen molar-refractivity contribution < 1.29 is 23.9 Å². The SMILES string of the molecule is Cc1cc(C)cc(C(C(=O)Nc2ccc3ccccc3c2)N(C(=O)C(CCC(N)=O)NC(=O)OC(C)(C)C)C2CC2)c1. The van der Waals surface area contributed by atoms with Crippen LogP contribution in [0.4, 0.5) is 10.5 Å². The Kier molecular flexibility index (Phi) is 9.19. The van der Waals surface area contributed by atoms with Gasteiger partial charge in [0.05, 0.1) is 0 Å². The summed E-state index contributed by atoms with van der Waals surface area (Å²) in [6, 6.07) is 17.0. The molecule has 9 nitrogen and oxygen atoms in total. The van der Waals surface area contributed by atoms with Crippen LogP contribution in [0.1, 0.15) is 69.2 Å². The van der Waals surface area contributed by atoms with E-state index in [-0.39, 0.29) is 24.8 Å². The maximum Gasteiger partial charge on any atom is 0.408 e. The number of carbonyl (C=O) groups is 4. The van der Waals surface area contributed by atoms with E-state index in [1.54, 1.807) is 25.7 Å². The van der Waals surface area contributed by atoms with E-state index in [0.29, 0.717) is 24.1 Å². The predicted molar refractivity (Wildman–Crippen MR) is 163 cm³/mol. The van der Waals surface area contributed by atoms with Gasteiger partial charge in [-0.15, -0.1) is 0 Å². The lowest BCUT2D eigenvalue weighted by Crippen LogP contribution is -2.53. The van der Waals surface area contributed by atoms with Crippen molar-refractivity contribution in [3.63, 3.8) is 0 Å². The molecule has 0 radical (unpaired) electrons. The number of ether oxygens (including phenoxy) is 1. The van der Waals surface area contributed by atoms with E-state index in [9.17, 15) is 19.2 Å². The Bertz CT molecular complexity index is 1470. The molecule has 1 aliphatic carbocycles. The lowest BCUT2D eigenvalue weighted by Gasteiger charge is -2.35. The molecule has 0 aliphatic heterocycles. The summed E-state index contributed by atoms with van der Waals surface area (Å²) in [4.78, 5) is 54.4. The molecule has 1 fully saturated rings.